The Bertz CT molecular complexity index is 653. The van der Waals surface area contributed by atoms with Crippen LogP contribution in [0.3, 0.4) is 0 Å². The van der Waals surface area contributed by atoms with E-state index in [1.54, 1.807) is 0 Å². The van der Waals surface area contributed by atoms with E-state index in [9.17, 15) is 4.79 Å². The first-order valence-corrected chi connectivity index (χ1v) is 8.54. The summed E-state index contributed by atoms with van der Waals surface area (Å²) in [5.74, 6) is -0.124. The molecular formula is C21H23NO2. The number of hydrogen-bond acceptors (Lipinski definition) is 3. The standard InChI is InChI=1S/C21H23NO2/c1-24-21(23)18-13-8-14-19(15-18)22-20(16-9-4-2-5-10-16)17-11-6-3-7-12-17/h2-7,9-12,18-19H,8,13-15H2,1H3. The molecule has 24 heavy (non-hydrogen) atoms. The van der Waals surface area contributed by atoms with Crippen LogP contribution < -0.4 is 0 Å². The fourth-order valence-electron chi connectivity index (χ4n) is 3.35. The zero-order chi connectivity index (χ0) is 16.8. The number of ether oxygens (including phenoxy) is 1. The van der Waals surface area contributed by atoms with Gasteiger partial charge in [-0.15, -0.1) is 0 Å². The normalized spacial score (nSPS) is 20.2. The van der Waals surface area contributed by atoms with E-state index in [4.69, 9.17) is 9.73 Å². The first kappa shape index (κ1) is 16.4. The van der Waals surface area contributed by atoms with Crippen molar-refractivity contribution in [1.29, 1.82) is 0 Å². The van der Waals surface area contributed by atoms with Crippen LogP contribution >= 0.6 is 0 Å². The molecule has 0 radical (unpaired) electrons. The molecule has 1 aliphatic carbocycles. The number of nitrogens with zero attached hydrogens (tertiary/aromatic N) is 1. The monoisotopic (exact) mass is 321 g/mol. The third-order valence-corrected chi connectivity index (χ3v) is 4.59. The predicted octanol–water partition coefficient (Wildman–Crippen LogP) is 4.26. The second-order valence-electron chi connectivity index (χ2n) is 6.25. The van der Waals surface area contributed by atoms with Gasteiger partial charge >= 0.3 is 5.97 Å². The minimum absolute atomic E-state index is 0.0229. The van der Waals surface area contributed by atoms with E-state index in [2.05, 4.69) is 24.3 Å². The van der Waals surface area contributed by atoms with E-state index in [1.165, 1.54) is 7.11 Å². The van der Waals surface area contributed by atoms with Crippen LogP contribution in [0.25, 0.3) is 0 Å². The van der Waals surface area contributed by atoms with Gasteiger partial charge in [0.1, 0.15) is 0 Å². The van der Waals surface area contributed by atoms with E-state index in [0.717, 1.165) is 42.5 Å². The smallest absolute Gasteiger partial charge is 0.308 e. The third-order valence-electron chi connectivity index (χ3n) is 4.59. The van der Waals surface area contributed by atoms with Gasteiger partial charge in [0.2, 0.25) is 0 Å². The van der Waals surface area contributed by atoms with Crippen molar-refractivity contribution in [3.8, 4) is 0 Å². The predicted molar refractivity (Wildman–Crippen MR) is 96.3 cm³/mol. The maximum atomic E-state index is 11.9. The summed E-state index contributed by atoms with van der Waals surface area (Å²) in [6, 6.07) is 20.7. The van der Waals surface area contributed by atoms with E-state index in [-0.39, 0.29) is 17.9 Å². The molecule has 3 heteroatoms. The van der Waals surface area contributed by atoms with Crippen molar-refractivity contribution in [2.45, 2.75) is 31.7 Å². The quantitative estimate of drug-likeness (QED) is 0.623. The number of benzene rings is 2. The highest BCUT2D eigenvalue weighted by molar-refractivity contribution is 6.12. The number of hydrogen-bond donors (Lipinski definition) is 0. The van der Waals surface area contributed by atoms with Crippen LogP contribution in [0.5, 0.6) is 0 Å². The molecule has 0 spiro atoms. The SMILES string of the molecule is COC(=O)C1CCCC(N=C(c2ccccc2)c2ccccc2)C1. The number of aliphatic imine (C=N–C) groups is 1. The molecule has 1 aliphatic rings. The molecule has 0 N–H and O–H groups in total. The van der Waals surface area contributed by atoms with Gasteiger partial charge in [0.05, 0.1) is 24.8 Å². The summed E-state index contributed by atoms with van der Waals surface area (Å²) in [6.45, 7) is 0. The lowest BCUT2D eigenvalue weighted by Crippen LogP contribution is -2.26. The van der Waals surface area contributed by atoms with E-state index in [0.29, 0.717) is 0 Å². The van der Waals surface area contributed by atoms with Crippen molar-refractivity contribution in [3.63, 3.8) is 0 Å². The Hall–Kier alpha value is -2.42. The average molecular weight is 321 g/mol. The number of carbonyl (C=O) groups is 1. The van der Waals surface area contributed by atoms with Gasteiger partial charge in [-0.05, 0) is 19.3 Å². The topological polar surface area (TPSA) is 38.7 Å². The van der Waals surface area contributed by atoms with Gasteiger partial charge in [-0.1, -0.05) is 67.1 Å². The summed E-state index contributed by atoms with van der Waals surface area (Å²) < 4.78 is 4.92. The first-order valence-electron chi connectivity index (χ1n) is 8.54. The van der Waals surface area contributed by atoms with E-state index >= 15 is 0 Å². The van der Waals surface area contributed by atoms with Gasteiger partial charge in [-0.25, -0.2) is 0 Å². The second-order valence-corrected chi connectivity index (χ2v) is 6.25. The first-order chi connectivity index (χ1) is 11.8. The molecule has 0 saturated heterocycles. The second kappa shape index (κ2) is 7.91. The summed E-state index contributed by atoms with van der Waals surface area (Å²) in [7, 11) is 1.47. The number of carbonyl (C=O) groups excluding carboxylic acids is 1. The van der Waals surface area contributed by atoms with Crippen LogP contribution in [-0.4, -0.2) is 24.8 Å². The molecule has 124 valence electrons. The van der Waals surface area contributed by atoms with Crippen LogP contribution in [0, 0.1) is 5.92 Å². The van der Waals surface area contributed by atoms with Crippen molar-refractivity contribution in [2.75, 3.05) is 7.11 Å². The van der Waals surface area contributed by atoms with E-state index in [1.807, 2.05) is 36.4 Å². The molecule has 0 aromatic heterocycles. The Labute approximate surface area is 143 Å². The molecule has 2 atom stereocenters. The van der Waals surface area contributed by atoms with Gasteiger partial charge in [0, 0.05) is 11.1 Å². The molecule has 3 nitrogen and oxygen atoms in total. The minimum atomic E-state index is -0.101. The van der Waals surface area contributed by atoms with Gasteiger partial charge in [0.25, 0.3) is 0 Å². The summed E-state index contributed by atoms with van der Waals surface area (Å²) >= 11 is 0. The van der Waals surface area contributed by atoms with Gasteiger partial charge in [0.15, 0.2) is 0 Å². The third kappa shape index (κ3) is 3.91. The van der Waals surface area contributed by atoms with Crippen LogP contribution in [0.15, 0.2) is 65.7 Å². The van der Waals surface area contributed by atoms with Crippen molar-refractivity contribution in [3.05, 3.63) is 71.8 Å². The maximum absolute atomic E-state index is 11.9. The lowest BCUT2D eigenvalue weighted by atomic mass is 9.85. The summed E-state index contributed by atoms with van der Waals surface area (Å²) in [5, 5.41) is 0. The average Bonchev–Trinajstić information content (AvgIpc) is 2.67. The molecule has 3 rings (SSSR count). The zero-order valence-electron chi connectivity index (χ0n) is 14.0. The minimum Gasteiger partial charge on any atom is -0.469 e. The Morgan fingerprint density at radius 3 is 2.08 bits per heavy atom. The van der Waals surface area contributed by atoms with E-state index < -0.39 is 0 Å². The number of methoxy groups -OCH3 is 1. The highest BCUT2D eigenvalue weighted by atomic mass is 16.5. The number of rotatable bonds is 4. The lowest BCUT2D eigenvalue weighted by Gasteiger charge is -2.25. The van der Waals surface area contributed by atoms with Crippen LogP contribution in [-0.2, 0) is 9.53 Å². The molecule has 0 amide bonds. The molecule has 0 heterocycles. The maximum Gasteiger partial charge on any atom is 0.308 e. The van der Waals surface area contributed by atoms with Crippen LogP contribution in [0.2, 0.25) is 0 Å². The molecule has 2 aromatic rings. The fraction of sp³-hybridized carbons (Fsp3) is 0.333. The van der Waals surface area contributed by atoms with Crippen molar-refractivity contribution < 1.29 is 9.53 Å². The molecular weight excluding hydrogens is 298 g/mol. The summed E-state index contributed by atoms with van der Waals surface area (Å²) in [6.07, 6.45) is 3.72. The molecule has 0 bridgehead atoms. The van der Waals surface area contributed by atoms with Gasteiger partial charge in [-0.2, -0.15) is 0 Å². The molecule has 2 unspecified atom stereocenters. The van der Waals surface area contributed by atoms with Crippen molar-refractivity contribution >= 4 is 11.7 Å². The summed E-state index contributed by atoms with van der Waals surface area (Å²) in [4.78, 5) is 16.9. The summed E-state index contributed by atoms with van der Waals surface area (Å²) in [5.41, 5.74) is 3.24. The molecule has 2 aromatic carbocycles. The van der Waals surface area contributed by atoms with Crippen molar-refractivity contribution in [1.82, 2.24) is 0 Å². The van der Waals surface area contributed by atoms with Crippen LogP contribution in [0.1, 0.15) is 36.8 Å². The van der Waals surface area contributed by atoms with Gasteiger partial charge in [-0.3, -0.25) is 9.79 Å². The Balaban J connectivity index is 1.91. The molecule has 1 fully saturated rings. The largest absolute Gasteiger partial charge is 0.469 e. The van der Waals surface area contributed by atoms with Crippen molar-refractivity contribution in [2.24, 2.45) is 10.9 Å². The lowest BCUT2D eigenvalue weighted by molar-refractivity contribution is -0.146. The highest BCUT2D eigenvalue weighted by Gasteiger charge is 2.28. The zero-order valence-corrected chi connectivity index (χ0v) is 14.0. The Kier molecular flexibility index (Phi) is 5.42. The Morgan fingerprint density at radius 2 is 1.54 bits per heavy atom. The molecule has 0 aliphatic heterocycles. The Morgan fingerprint density at radius 1 is 0.958 bits per heavy atom. The fourth-order valence-corrected chi connectivity index (χ4v) is 3.35. The number of esters is 1. The molecule has 1 saturated carbocycles. The van der Waals surface area contributed by atoms with Crippen LogP contribution in [0.4, 0.5) is 0 Å². The highest BCUT2D eigenvalue weighted by Crippen LogP contribution is 2.28. The van der Waals surface area contributed by atoms with Gasteiger partial charge < -0.3 is 4.74 Å².